The maximum absolute atomic E-state index is 5.88. The van der Waals surface area contributed by atoms with Gasteiger partial charge in [0, 0.05) is 13.2 Å². The highest BCUT2D eigenvalue weighted by Gasteiger charge is 2.11. The molecule has 11 heavy (non-hydrogen) atoms. The molecule has 0 aromatic carbocycles. The summed E-state index contributed by atoms with van der Waals surface area (Å²) in [6.45, 7) is 4.19. The van der Waals surface area contributed by atoms with E-state index >= 15 is 0 Å². The molecule has 0 saturated carbocycles. The van der Waals surface area contributed by atoms with Gasteiger partial charge in [-0.25, -0.2) is 4.98 Å². The molecule has 0 amide bonds. The van der Waals surface area contributed by atoms with Crippen LogP contribution in [0.4, 0.5) is 0 Å². The molecule has 0 radical (unpaired) electrons. The van der Waals surface area contributed by atoms with Gasteiger partial charge in [-0.2, -0.15) is 0 Å². The van der Waals surface area contributed by atoms with Crippen molar-refractivity contribution in [3.05, 3.63) is 18.2 Å². The molecule has 0 bridgehead atoms. The number of aryl methyl sites for hydroxylation is 1. The van der Waals surface area contributed by atoms with Crippen molar-refractivity contribution in [1.29, 1.82) is 0 Å². The van der Waals surface area contributed by atoms with Crippen LogP contribution in [0.25, 0.3) is 0 Å². The summed E-state index contributed by atoms with van der Waals surface area (Å²) in [6.07, 6.45) is 3.74. The summed E-state index contributed by atoms with van der Waals surface area (Å²) in [4.78, 5) is 4.17. The molecule has 1 heterocycles. The number of nitrogens with two attached hydrogens (primary N) is 1. The Kier molecular flexibility index (Phi) is 2.29. The third-order valence-corrected chi connectivity index (χ3v) is 1.78. The van der Waals surface area contributed by atoms with Gasteiger partial charge in [-0.15, -0.1) is 0 Å². The van der Waals surface area contributed by atoms with Crippen molar-refractivity contribution in [3.63, 3.8) is 0 Å². The minimum atomic E-state index is 0.0659. The van der Waals surface area contributed by atoms with E-state index < -0.39 is 0 Å². The second-order valence-corrected chi connectivity index (χ2v) is 3.23. The molecule has 3 nitrogen and oxygen atoms in total. The molecule has 0 saturated heterocycles. The fraction of sp³-hybridized carbons (Fsp3) is 0.625. The Morgan fingerprint density at radius 1 is 1.55 bits per heavy atom. The first-order valence-corrected chi connectivity index (χ1v) is 3.84. The van der Waals surface area contributed by atoms with Gasteiger partial charge in [0.25, 0.3) is 0 Å². The van der Waals surface area contributed by atoms with Crippen LogP contribution in [0, 0.1) is 5.92 Å². The number of aromatic nitrogens is 2. The van der Waals surface area contributed by atoms with E-state index in [-0.39, 0.29) is 6.04 Å². The van der Waals surface area contributed by atoms with Crippen LogP contribution >= 0.6 is 0 Å². The van der Waals surface area contributed by atoms with E-state index in [2.05, 4.69) is 18.8 Å². The topological polar surface area (TPSA) is 43.8 Å². The zero-order valence-electron chi connectivity index (χ0n) is 7.28. The molecule has 0 spiro atoms. The maximum Gasteiger partial charge on any atom is 0.0947 e. The van der Waals surface area contributed by atoms with Crippen molar-refractivity contribution < 1.29 is 0 Å². The minimum Gasteiger partial charge on any atom is -0.340 e. The fourth-order valence-electron chi connectivity index (χ4n) is 0.947. The molecule has 2 N–H and O–H groups in total. The van der Waals surface area contributed by atoms with Crippen LogP contribution in [0.5, 0.6) is 0 Å². The van der Waals surface area contributed by atoms with Crippen molar-refractivity contribution in [2.75, 3.05) is 0 Å². The second kappa shape index (κ2) is 3.05. The van der Waals surface area contributed by atoms with E-state index in [1.54, 1.807) is 6.33 Å². The number of hydrogen-bond acceptors (Lipinski definition) is 2. The number of nitrogens with zero attached hydrogens (tertiary/aromatic N) is 2. The van der Waals surface area contributed by atoms with Crippen LogP contribution in [-0.2, 0) is 7.05 Å². The quantitative estimate of drug-likeness (QED) is 0.690. The smallest absolute Gasteiger partial charge is 0.0947 e. The van der Waals surface area contributed by atoms with Crippen LogP contribution in [-0.4, -0.2) is 9.55 Å². The lowest BCUT2D eigenvalue weighted by molar-refractivity contribution is 0.504. The molecule has 0 unspecified atom stereocenters. The largest absolute Gasteiger partial charge is 0.340 e. The average Bonchev–Trinajstić information content (AvgIpc) is 2.34. The van der Waals surface area contributed by atoms with Crippen LogP contribution < -0.4 is 5.73 Å². The molecule has 0 aliphatic heterocycles. The van der Waals surface area contributed by atoms with Crippen molar-refractivity contribution >= 4 is 0 Å². The maximum atomic E-state index is 5.88. The van der Waals surface area contributed by atoms with Crippen molar-refractivity contribution in [2.45, 2.75) is 19.9 Å². The molecular formula is C8H15N3. The van der Waals surface area contributed by atoms with E-state index in [1.165, 1.54) is 0 Å². The van der Waals surface area contributed by atoms with Crippen molar-refractivity contribution in [1.82, 2.24) is 9.55 Å². The van der Waals surface area contributed by atoms with Gasteiger partial charge in [-0.05, 0) is 5.92 Å². The van der Waals surface area contributed by atoms with Gasteiger partial charge in [0.2, 0.25) is 0 Å². The van der Waals surface area contributed by atoms with Gasteiger partial charge in [0.05, 0.1) is 18.1 Å². The lowest BCUT2D eigenvalue weighted by Crippen LogP contribution is -2.16. The van der Waals surface area contributed by atoms with E-state index in [9.17, 15) is 0 Å². The van der Waals surface area contributed by atoms with Gasteiger partial charge < -0.3 is 10.3 Å². The number of rotatable bonds is 2. The molecule has 1 atom stereocenters. The van der Waals surface area contributed by atoms with Crippen LogP contribution in [0.2, 0.25) is 0 Å². The van der Waals surface area contributed by atoms with E-state index in [0.717, 1.165) is 5.69 Å². The predicted octanol–water partition coefficient (Wildman–Crippen LogP) is 1.08. The van der Waals surface area contributed by atoms with Crippen molar-refractivity contribution in [2.24, 2.45) is 18.7 Å². The van der Waals surface area contributed by atoms with Crippen molar-refractivity contribution in [3.8, 4) is 0 Å². The Morgan fingerprint density at radius 3 is 2.55 bits per heavy atom. The Hall–Kier alpha value is -0.830. The monoisotopic (exact) mass is 153 g/mol. The van der Waals surface area contributed by atoms with E-state index in [1.807, 2.05) is 17.8 Å². The summed E-state index contributed by atoms with van der Waals surface area (Å²) < 4.78 is 1.91. The zero-order valence-corrected chi connectivity index (χ0v) is 7.28. The Morgan fingerprint density at radius 2 is 2.18 bits per heavy atom. The molecule has 0 aliphatic carbocycles. The summed E-state index contributed by atoms with van der Waals surface area (Å²) in [7, 11) is 1.95. The molecule has 0 fully saturated rings. The summed E-state index contributed by atoms with van der Waals surface area (Å²) in [5, 5.41) is 0. The van der Waals surface area contributed by atoms with Gasteiger partial charge in [0.15, 0.2) is 0 Å². The van der Waals surface area contributed by atoms with Crippen LogP contribution in [0.1, 0.15) is 25.6 Å². The van der Waals surface area contributed by atoms with E-state index in [4.69, 9.17) is 5.73 Å². The zero-order chi connectivity index (χ0) is 8.43. The summed E-state index contributed by atoms with van der Waals surface area (Å²) in [5.74, 6) is 0.449. The third kappa shape index (κ3) is 1.80. The normalized spacial score (nSPS) is 13.9. The first-order valence-electron chi connectivity index (χ1n) is 3.84. The average molecular weight is 153 g/mol. The number of imidazole rings is 1. The standard InChI is InChI=1S/C8H15N3/c1-6(2)8(9)7-4-11(3)5-10-7/h4-6,8H,9H2,1-3H3/t8-/m0/s1. The molecule has 0 aliphatic rings. The minimum absolute atomic E-state index is 0.0659. The second-order valence-electron chi connectivity index (χ2n) is 3.23. The Balaban J connectivity index is 2.76. The summed E-state index contributed by atoms with van der Waals surface area (Å²) in [6, 6.07) is 0.0659. The summed E-state index contributed by atoms with van der Waals surface area (Å²) >= 11 is 0. The molecule has 1 aromatic heterocycles. The SMILES string of the molecule is CC(C)[C@H](N)c1cn(C)cn1. The molecule has 1 rings (SSSR count). The first kappa shape index (κ1) is 8.27. The van der Waals surface area contributed by atoms with E-state index in [0.29, 0.717) is 5.92 Å². The molecule has 1 aromatic rings. The summed E-state index contributed by atoms with van der Waals surface area (Å²) in [5.41, 5.74) is 6.85. The highest BCUT2D eigenvalue weighted by Crippen LogP contribution is 2.15. The Bertz CT molecular complexity index is 227. The lowest BCUT2D eigenvalue weighted by Gasteiger charge is -2.11. The van der Waals surface area contributed by atoms with Crippen LogP contribution in [0.3, 0.4) is 0 Å². The van der Waals surface area contributed by atoms with Gasteiger partial charge >= 0.3 is 0 Å². The Labute approximate surface area is 67.2 Å². The van der Waals surface area contributed by atoms with Gasteiger partial charge in [-0.3, -0.25) is 0 Å². The highest BCUT2D eigenvalue weighted by atomic mass is 15.0. The van der Waals surface area contributed by atoms with Gasteiger partial charge in [0.1, 0.15) is 0 Å². The van der Waals surface area contributed by atoms with Gasteiger partial charge in [-0.1, -0.05) is 13.8 Å². The third-order valence-electron chi connectivity index (χ3n) is 1.78. The van der Waals surface area contributed by atoms with Crippen LogP contribution in [0.15, 0.2) is 12.5 Å². The number of hydrogen-bond donors (Lipinski definition) is 1. The molecule has 3 heteroatoms. The predicted molar refractivity (Wildman–Crippen MR) is 45.0 cm³/mol. The highest BCUT2D eigenvalue weighted by molar-refractivity contribution is 5.03. The molecular weight excluding hydrogens is 138 g/mol. The first-order chi connectivity index (χ1) is 5.11. The molecule has 62 valence electrons. The fourth-order valence-corrected chi connectivity index (χ4v) is 0.947. The lowest BCUT2D eigenvalue weighted by atomic mass is 10.0.